The number of hydrazine groups is 2. The van der Waals surface area contributed by atoms with Crippen LogP contribution in [0.1, 0.15) is 0 Å². The molecule has 0 aliphatic carbocycles. The van der Waals surface area contributed by atoms with E-state index in [9.17, 15) is 19.1 Å². The average Bonchev–Trinajstić information content (AvgIpc) is 2.53. The van der Waals surface area contributed by atoms with Crippen LogP contribution in [0.5, 0.6) is 0 Å². The molecule has 0 saturated carbocycles. The van der Waals surface area contributed by atoms with Crippen molar-refractivity contribution in [3.05, 3.63) is 0 Å². The second-order valence-corrected chi connectivity index (χ2v) is 7.18. The van der Waals surface area contributed by atoms with Crippen molar-refractivity contribution < 1.29 is 33.7 Å². The Morgan fingerprint density at radius 1 is 1.00 bits per heavy atom. The van der Waals surface area contributed by atoms with E-state index in [1.807, 2.05) is 0 Å². The first-order chi connectivity index (χ1) is 11.3. The number of ether oxygens (including phenoxy) is 2. The second kappa shape index (κ2) is 8.63. The summed E-state index contributed by atoms with van der Waals surface area (Å²) in [5.74, 6) is -1.24. The van der Waals surface area contributed by atoms with E-state index in [1.165, 1.54) is 0 Å². The number of carbonyl (C=O) groups is 1. The molecule has 6 N–H and O–H groups in total. The number of morpholine rings is 2. The summed E-state index contributed by atoms with van der Waals surface area (Å²) in [6.45, 7) is 2.59. The smallest absolute Gasteiger partial charge is 0.377 e. The molecule has 13 heteroatoms. The molecule has 0 amide bonds. The number of rotatable bonds is 8. The van der Waals surface area contributed by atoms with Crippen LogP contribution in [0.4, 0.5) is 0 Å². The van der Waals surface area contributed by atoms with Crippen LogP contribution in [0.2, 0.25) is 0 Å². The molecule has 0 spiro atoms. The zero-order valence-electron chi connectivity index (χ0n) is 13.2. The summed E-state index contributed by atoms with van der Waals surface area (Å²) in [7, 11) is -4.86. The van der Waals surface area contributed by atoms with Crippen molar-refractivity contribution >= 4 is 13.6 Å². The maximum Gasteiger partial charge on any atom is 0.377 e. The molecule has 2 aliphatic rings. The van der Waals surface area contributed by atoms with Crippen LogP contribution in [0.25, 0.3) is 0 Å². The normalized spacial score (nSPS) is 21.8. The molecule has 0 unspecified atom stereocenters. The van der Waals surface area contributed by atoms with E-state index in [0.29, 0.717) is 52.6 Å². The Hall–Kier alpha value is -0.660. The van der Waals surface area contributed by atoms with E-state index in [4.69, 9.17) is 14.6 Å². The number of carboxylic acid groups (broad SMARTS) is 1. The van der Waals surface area contributed by atoms with Gasteiger partial charge in [-0.1, -0.05) is 0 Å². The fourth-order valence-corrected chi connectivity index (χ4v) is 3.18. The lowest BCUT2D eigenvalue weighted by Gasteiger charge is -2.44. The van der Waals surface area contributed by atoms with E-state index in [-0.39, 0.29) is 0 Å². The first-order valence-electron chi connectivity index (χ1n) is 7.56. The maximum atomic E-state index is 12.2. The monoisotopic (exact) mass is 369 g/mol. The lowest BCUT2D eigenvalue weighted by Crippen LogP contribution is -2.74. The molecule has 0 bridgehead atoms. The number of aliphatic carboxylic acids is 1. The highest BCUT2D eigenvalue weighted by atomic mass is 31.2. The molecule has 24 heavy (non-hydrogen) atoms. The zero-order chi connectivity index (χ0) is 17.6. The Morgan fingerprint density at radius 2 is 1.42 bits per heavy atom. The van der Waals surface area contributed by atoms with Crippen LogP contribution in [-0.2, 0) is 18.8 Å². The molecule has 2 saturated heterocycles. The van der Waals surface area contributed by atoms with Gasteiger partial charge in [-0.15, -0.1) is 0 Å². The fourth-order valence-electron chi connectivity index (χ4n) is 2.35. The summed E-state index contributed by atoms with van der Waals surface area (Å²) in [5.41, 5.74) is 3.33. The molecule has 0 aromatic rings. The van der Waals surface area contributed by atoms with Crippen molar-refractivity contribution in [2.24, 2.45) is 0 Å². The Balaban J connectivity index is 2.19. The van der Waals surface area contributed by atoms with E-state index in [0.717, 1.165) is 0 Å². The number of hydrogen-bond donors (Lipinski definition) is 6. The van der Waals surface area contributed by atoms with Gasteiger partial charge in [0.2, 0.25) is 0 Å². The first-order valence-corrected chi connectivity index (χ1v) is 9.17. The van der Waals surface area contributed by atoms with Gasteiger partial charge < -0.3 is 24.4 Å². The van der Waals surface area contributed by atoms with Crippen molar-refractivity contribution in [1.82, 2.24) is 26.2 Å². The van der Waals surface area contributed by atoms with E-state index in [2.05, 4.69) is 16.2 Å². The van der Waals surface area contributed by atoms with Gasteiger partial charge in [0, 0.05) is 26.2 Å². The van der Waals surface area contributed by atoms with Gasteiger partial charge >= 0.3 is 13.6 Å². The molecule has 2 fully saturated rings. The molecule has 0 aromatic heterocycles. The third-order valence-electron chi connectivity index (χ3n) is 3.59. The number of nitrogens with zero attached hydrogens (tertiary/aromatic N) is 2. The molecule has 0 radical (unpaired) electrons. The van der Waals surface area contributed by atoms with E-state index < -0.39 is 25.6 Å². The number of hydrogen-bond acceptors (Lipinski definition) is 9. The van der Waals surface area contributed by atoms with Gasteiger partial charge in [0.15, 0.2) is 0 Å². The summed E-state index contributed by atoms with van der Waals surface area (Å²) < 4.78 is 22.6. The third-order valence-corrected chi connectivity index (χ3v) is 4.83. The van der Waals surface area contributed by atoms with Gasteiger partial charge in [0.1, 0.15) is 0 Å². The minimum atomic E-state index is -4.86. The maximum absolute atomic E-state index is 12.2. The second-order valence-electron chi connectivity index (χ2n) is 5.42. The summed E-state index contributed by atoms with van der Waals surface area (Å²) in [6.07, 6.45) is 0. The lowest BCUT2D eigenvalue weighted by atomic mass is 10.5. The lowest BCUT2D eigenvalue weighted by molar-refractivity contribution is -0.137. The van der Waals surface area contributed by atoms with Crippen molar-refractivity contribution in [2.75, 3.05) is 59.2 Å². The summed E-state index contributed by atoms with van der Waals surface area (Å²) >= 11 is 0. The van der Waals surface area contributed by atoms with Crippen LogP contribution in [0, 0.1) is 0 Å². The SMILES string of the molecule is O=C(O)CNC(NN1CCOCC1)(NN1CCOCC1)P(=O)(O)O. The summed E-state index contributed by atoms with van der Waals surface area (Å²) in [6, 6.07) is 0. The molecule has 2 aliphatic heterocycles. The minimum absolute atomic E-state index is 0.403. The standard InChI is InChI=1S/C11H24N5O7P/c17-10(18)9-12-11(24(19,20)21,13-15-1-5-22-6-2-15)14-16-3-7-23-8-4-16/h12-14H,1-9H2,(H,17,18)(H2,19,20,21). The van der Waals surface area contributed by atoms with Crippen molar-refractivity contribution in [3.63, 3.8) is 0 Å². The van der Waals surface area contributed by atoms with Crippen LogP contribution in [-0.4, -0.2) is 95.6 Å². The van der Waals surface area contributed by atoms with Crippen molar-refractivity contribution in [2.45, 2.75) is 5.53 Å². The van der Waals surface area contributed by atoms with Gasteiger partial charge in [0.05, 0.1) is 33.0 Å². The average molecular weight is 369 g/mol. The molecule has 0 atom stereocenters. The van der Waals surface area contributed by atoms with Crippen molar-refractivity contribution in [1.29, 1.82) is 0 Å². The number of nitrogens with one attached hydrogen (secondary N) is 3. The molecule has 0 aromatic carbocycles. The van der Waals surface area contributed by atoms with Gasteiger partial charge in [-0.2, -0.15) is 0 Å². The van der Waals surface area contributed by atoms with E-state index in [1.54, 1.807) is 10.0 Å². The molecular weight excluding hydrogens is 345 g/mol. The molecule has 140 valence electrons. The molecule has 2 rings (SSSR count). The van der Waals surface area contributed by atoms with Gasteiger partial charge in [-0.25, -0.2) is 20.9 Å². The van der Waals surface area contributed by atoms with Crippen LogP contribution in [0.15, 0.2) is 0 Å². The molecular formula is C11H24N5O7P. The predicted molar refractivity (Wildman–Crippen MR) is 81.5 cm³/mol. The highest BCUT2D eigenvalue weighted by molar-refractivity contribution is 7.53. The molecule has 2 heterocycles. The van der Waals surface area contributed by atoms with E-state index >= 15 is 0 Å². The largest absolute Gasteiger partial charge is 0.480 e. The van der Waals surface area contributed by atoms with Gasteiger partial charge in [0.25, 0.3) is 5.53 Å². The minimum Gasteiger partial charge on any atom is -0.480 e. The zero-order valence-corrected chi connectivity index (χ0v) is 14.1. The topological polar surface area (TPSA) is 156 Å². The van der Waals surface area contributed by atoms with Crippen LogP contribution >= 0.6 is 7.60 Å². The quantitative estimate of drug-likeness (QED) is 0.192. The van der Waals surface area contributed by atoms with Crippen LogP contribution < -0.4 is 16.2 Å². The predicted octanol–water partition coefficient (Wildman–Crippen LogP) is -2.88. The van der Waals surface area contributed by atoms with Crippen molar-refractivity contribution in [3.8, 4) is 0 Å². The molecule has 12 nitrogen and oxygen atoms in total. The van der Waals surface area contributed by atoms with Gasteiger partial charge in [-0.05, 0) is 0 Å². The Kier molecular flexibility index (Phi) is 7.07. The summed E-state index contributed by atoms with van der Waals surface area (Å²) in [4.78, 5) is 30.8. The third kappa shape index (κ3) is 5.43. The van der Waals surface area contributed by atoms with Gasteiger partial charge in [-0.3, -0.25) is 14.7 Å². The fraction of sp³-hybridized carbons (Fsp3) is 0.909. The number of carboxylic acids is 1. The Morgan fingerprint density at radius 3 is 1.75 bits per heavy atom. The Labute approximate surface area is 139 Å². The Bertz CT molecular complexity index is 444. The van der Waals surface area contributed by atoms with Crippen LogP contribution in [0.3, 0.4) is 0 Å². The highest BCUT2D eigenvalue weighted by Gasteiger charge is 2.50. The highest BCUT2D eigenvalue weighted by Crippen LogP contribution is 2.45. The summed E-state index contributed by atoms with van der Waals surface area (Å²) in [5, 5.41) is 14.5. The first kappa shape index (κ1) is 19.7.